The number of fused-ring (bicyclic) bond motifs is 1. The molecule has 0 aliphatic carbocycles. The predicted molar refractivity (Wildman–Crippen MR) is 116 cm³/mol. The maximum atomic E-state index is 11.9. The van der Waals surface area contributed by atoms with Crippen molar-refractivity contribution < 1.29 is 0 Å². The van der Waals surface area contributed by atoms with Crippen LogP contribution in [0.3, 0.4) is 0 Å². The molecule has 0 bridgehead atoms. The van der Waals surface area contributed by atoms with E-state index in [1.165, 1.54) is 16.7 Å². The summed E-state index contributed by atoms with van der Waals surface area (Å²) in [5.41, 5.74) is 5.03. The number of hydrogen-bond acceptors (Lipinski definition) is 3. The van der Waals surface area contributed by atoms with E-state index in [1.54, 1.807) is 0 Å². The SMILES string of the molecule is Cc1ccc(C2=CCN(CCCCc3n[nH]c(=O)c4ccccc34)CC2)cc1. The smallest absolute Gasteiger partial charge is 0.272 e. The Kier molecular flexibility index (Phi) is 5.68. The van der Waals surface area contributed by atoms with Crippen molar-refractivity contribution in [1.29, 1.82) is 0 Å². The van der Waals surface area contributed by atoms with Crippen LogP contribution in [0.25, 0.3) is 16.3 Å². The molecule has 2 heterocycles. The molecule has 0 fully saturated rings. The number of aryl methyl sites for hydroxylation is 2. The number of H-pyrrole nitrogens is 1. The minimum absolute atomic E-state index is 0.108. The molecule has 0 saturated carbocycles. The molecule has 144 valence electrons. The van der Waals surface area contributed by atoms with E-state index < -0.39 is 0 Å². The van der Waals surface area contributed by atoms with Gasteiger partial charge in [0.1, 0.15) is 0 Å². The molecule has 28 heavy (non-hydrogen) atoms. The number of aromatic nitrogens is 2. The third-order valence-electron chi connectivity index (χ3n) is 5.63. The van der Waals surface area contributed by atoms with Crippen LogP contribution in [-0.2, 0) is 6.42 Å². The number of nitrogens with one attached hydrogen (secondary N) is 1. The molecule has 4 nitrogen and oxygen atoms in total. The fourth-order valence-corrected chi connectivity index (χ4v) is 3.93. The second kappa shape index (κ2) is 8.53. The molecule has 3 aromatic rings. The number of benzene rings is 2. The van der Waals surface area contributed by atoms with Gasteiger partial charge in [0.25, 0.3) is 5.56 Å². The van der Waals surface area contributed by atoms with Crippen molar-refractivity contribution >= 4 is 16.3 Å². The fourth-order valence-electron chi connectivity index (χ4n) is 3.93. The van der Waals surface area contributed by atoms with Crippen molar-refractivity contribution in [1.82, 2.24) is 15.1 Å². The minimum Gasteiger partial charge on any atom is -0.299 e. The lowest BCUT2D eigenvalue weighted by Crippen LogP contribution is -2.29. The molecule has 2 aromatic carbocycles. The van der Waals surface area contributed by atoms with Gasteiger partial charge in [0, 0.05) is 18.5 Å². The highest BCUT2D eigenvalue weighted by Gasteiger charge is 2.13. The van der Waals surface area contributed by atoms with Gasteiger partial charge >= 0.3 is 0 Å². The van der Waals surface area contributed by atoms with Gasteiger partial charge in [-0.2, -0.15) is 5.10 Å². The highest BCUT2D eigenvalue weighted by Crippen LogP contribution is 2.23. The lowest BCUT2D eigenvalue weighted by molar-refractivity contribution is 0.295. The molecule has 0 atom stereocenters. The fraction of sp³-hybridized carbons (Fsp3) is 0.333. The summed E-state index contributed by atoms with van der Waals surface area (Å²) in [6, 6.07) is 16.6. The van der Waals surface area contributed by atoms with Gasteiger partial charge in [-0.15, -0.1) is 0 Å². The predicted octanol–water partition coefficient (Wildman–Crippen LogP) is 4.34. The van der Waals surface area contributed by atoms with Gasteiger partial charge in [0.2, 0.25) is 0 Å². The molecular formula is C24H27N3O. The summed E-state index contributed by atoms with van der Waals surface area (Å²) in [5, 5.41) is 8.63. The van der Waals surface area contributed by atoms with Crippen LogP contribution in [0.2, 0.25) is 0 Å². The normalized spacial score (nSPS) is 15.0. The van der Waals surface area contributed by atoms with Crippen LogP contribution in [0.4, 0.5) is 0 Å². The summed E-state index contributed by atoms with van der Waals surface area (Å²) in [4.78, 5) is 14.4. The van der Waals surface area contributed by atoms with Gasteiger partial charge < -0.3 is 0 Å². The van der Waals surface area contributed by atoms with Crippen LogP contribution in [0.15, 0.2) is 59.4 Å². The van der Waals surface area contributed by atoms with Crippen LogP contribution in [0.5, 0.6) is 0 Å². The van der Waals surface area contributed by atoms with E-state index in [0.717, 1.165) is 61.8 Å². The first-order valence-electron chi connectivity index (χ1n) is 10.2. The quantitative estimate of drug-likeness (QED) is 0.654. The van der Waals surface area contributed by atoms with Gasteiger partial charge in [-0.1, -0.05) is 54.1 Å². The largest absolute Gasteiger partial charge is 0.299 e. The first-order chi connectivity index (χ1) is 13.7. The van der Waals surface area contributed by atoms with Crippen molar-refractivity contribution in [2.75, 3.05) is 19.6 Å². The van der Waals surface area contributed by atoms with Crippen LogP contribution in [-0.4, -0.2) is 34.7 Å². The first kappa shape index (κ1) is 18.6. The number of rotatable bonds is 6. The Balaban J connectivity index is 1.28. The van der Waals surface area contributed by atoms with Crippen LogP contribution in [0.1, 0.15) is 36.1 Å². The van der Waals surface area contributed by atoms with Gasteiger partial charge in [-0.3, -0.25) is 9.69 Å². The third kappa shape index (κ3) is 4.23. The standard InChI is InChI=1S/C24H27N3O/c1-18-9-11-19(12-10-18)20-13-16-27(17-14-20)15-5-4-8-23-21-6-2-3-7-22(21)24(28)26-25-23/h2-3,6-7,9-13H,4-5,8,14-17H2,1H3,(H,26,28). The van der Waals surface area contributed by atoms with E-state index in [-0.39, 0.29) is 5.56 Å². The molecule has 4 rings (SSSR count). The summed E-state index contributed by atoms with van der Waals surface area (Å²) in [7, 11) is 0. The maximum absolute atomic E-state index is 11.9. The van der Waals surface area contributed by atoms with Crippen molar-refractivity contribution in [3.63, 3.8) is 0 Å². The summed E-state index contributed by atoms with van der Waals surface area (Å²) < 4.78 is 0. The number of unbranched alkanes of at least 4 members (excludes halogenated alkanes) is 1. The summed E-state index contributed by atoms with van der Waals surface area (Å²) in [6.45, 7) is 5.40. The molecule has 0 saturated heterocycles. The number of nitrogens with zero attached hydrogens (tertiary/aromatic N) is 2. The van der Waals surface area contributed by atoms with Gasteiger partial charge in [0.05, 0.1) is 11.1 Å². The molecule has 0 unspecified atom stereocenters. The van der Waals surface area contributed by atoms with Crippen LogP contribution in [0, 0.1) is 6.92 Å². The highest BCUT2D eigenvalue weighted by atomic mass is 16.1. The third-order valence-corrected chi connectivity index (χ3v) is 5.63. The molecule has 0 amide bonds. The van der Waals surface area contributed by atoms with E-state index >= 15 is 0 Å². The van der Waals surface area contributed by atoms with E-state index in [4.69, 9.17) is 0 Å². The second-order valence-electron chi connectivity index (χ2n) is 7.65. The Morgan fingerprint density at radius 3 is 2.57 bits per heavy atom. The molecule has 1 aliphatic heterocycles. The van der Waals surface area contributed by atoms with Crippen molar-refractivity contribution in [3.8, 4) is 0 Å². The number of aromatic amines is 1. The average molecular weight is 374 g/mol. The van der Waals surface area contributed by atoms with E-state index in [1.807, 2.05) is 24.3 Å². The Morgan fingerprint density at radius 1 is 1.04 bits per heavy atom. The zero-order valence-corrected chi connectivity index (χ0v) is 16.4. The van der Waals surface area contributed by atoms with Crippen molar-refractivity contribution in [3.05, 3.63) is 81.8 Å². The maximum Gasteiger partial charge on any atom is 0.272 e. The molecular weight excluding hydrogens is 346 g/mol. The summed E-state index contributed by atoms with van der Waals surface area (Å²) in [5.74, 6) is 0. The Bertz CT molecular complexity index is 1030. The zero-order valence-electron chi connectivity index (χ0n) is 16.4. The first-order valence-corrected chi connectivity index (χ1v) is 10.2. The Hall–Kier alpha value is -2.72. The molecule has 0 radical (unpaired) electrons. The lowest BCUT2D eigenvalue weighted by Gasteiger charge is -2.26. The summed E-state index contributed by atoms with van der Waals surface area (Å²) >= 11 is 0. The van der Waals surface area contributed by atoms with Gasteiger partial charge in [-0.05, 0) is 56.4 Å². The van der Waals surface area contributed by atoms with Crippen molar-refractivity contribution in [2.24, 2.45) is 0 Å². The van der Waals surface area contributed by atoms with E-state index in [2.05, 4.69) is 52.4 Å². The van der Waals surface area contributed by atoms with Crippen molar-refractivity contribution in [2.45, 2.75) is 32.6 Å². The lowest BCUT2D eigenvalue weighted by atomic mass is 9.98. The zero-order chi connectivity index (χ0) is 19.3. The minimum atomic E-state index is -0.108. The second-order valence-corrected chi connectivity index (χ2v) is 7.65. The molecule has 0 spiro atoms. The molecule has 1 N–H and O–H groups in total. The van der Waals surface area contributed by atoms with Gasteiger partial charge in [-0.25, -0.2) is 5.10 Å². The van der Waals surface area contributed by atoms with E-state index in [9.17, 15) is 4.79 Å². The average Bonchev–Trinajstić information content (AvgIpc) is 2.74. The molecule has 1 aliphatic rings. The topological polar surface area (TPSA) is 49.0 Å². The molecule has 4 heteroatoms. The Morgan fingerprint density at radius 2 is 1.82 bits per heavy atom. The Labute approximate surface area is 165 Å². The van der Waals surface area contributed by atoms with Gasteiger partial charge in [0.15, 0.2) is 0 Å². The monoisotopic (exact) mass is 373 g/mol. The van der Waals surface area contributed by atoms with Crippen LogP contribution >= 0.6 is 0 Å². The van der Waals surface area contributed by atoms with E-state index in [0.29, 0.717) is 0 Å². The van der Waals surface area contributed by atoms with Crippen LogP contribution < -0.4 is 5.56 Å². The molecule has 1 aromatic heterocycles. The summed E-state index contributed by atoms with van der Waals surface area (Å²) in [6.07, 6.45) is 6.62. The highest BCUT2D eigenvalue weighted by molar-refractivity contribution is 5.83. The number of hydrogen-bond donors (Lipinski definition) is 1.